The van der Waals surface area contributed by atoms with Crippen LogP contribution in [0.15, 0.2) is 12.2 Å². The van der Waals surface area contributed by atoms with Crippen molar-refractivity contribution in [3.8, 4) is 0 Å². The maximum Gasteiger partial charge on any atom is 0.249 e. The van der Waals surface area contributed by atoms with E-state index < -0.39 is 74.2 Å². The SMILES string of the molecule is CCCCCCCCCCCCCC/C=C\CCCCCCCCCCCCCCCCC(O)C(=O)NC(COC1OC(CO)C(O)C(O)C1O)C(O)C(O)CCCCCCCCCCCCCCCCC. The van der Waals surface area contributed by atoms with Crippen molar-refractivity contribution in [3.63, 3.8) is 0 Å². The summed E-state index contributed by atoms with van der Waals surface area (Å²) in [7, 11) is 0. The van der Waals surface area contributed by atoms with Crippen molar-refractivity contribution in [2.75, 3.05) is 13.2 Å². The van der Waals surface area contributed by atoms with E-state index in [2.05, 4.69) is 31.3 Å². The van der Waals surface area contributed by atoms with E-state index in [-0.39, 0.29) is 6.42 Å². The van der Waals surface area contributed by atoms with Crippen LogP contribution < -0.4 is 5.32 Å². The van der Waals surface area contributed by atoms with E-state index in [1.54, 1.807) is 0 Å². The largest absolute Gasteiger partial charge is 0.394 e. The number of aliphatic hydroxyl groups is 7. The maximum absolute atomic E-state index is 13.2. The Kier molecular flexibility index (Phi) is 48.4. The molecule has 8 N–H and O–H groups in total. The first-order chi connectivity index (χ1) is 35.2. The van der Waals surface area contributed by atoms with Gasteiger partial charge in [0.05, 0.1) is 25.4 Å². The number of carbonyl (C=O) groups is 1. The molecule has 11 nitrogen and oxygen atoms in total. The molecule has 72 heavy (non-hydrogen) atoms. The third-order valence-electron chi connectivity index (χ3n) is 15.3. The first-order valence-corrected chi connectivity index (χ1v) is 31.1. The molecule has 0 bridgehead atoms. The van der Waals surface area contributed by atoms with Gasteiger partial charge < -0.3 is 50.5 Å². The Hall–Kier alpha value is -1.15. The lowest BCUT2D eigenvalue weighted by molar-refractivity contribution is -0.303. The summed E-state index contributed by atoms with van der Waals surface area (Å²) in [6.45, 7) is 3.49. The molecule has 1 saturated heterocycles. The van der Waals surface area contributed by atoms with Crippen LogP contribution >= 0.6 is 0 Å². The van der Waals surface area contributed by atoms with Gasteiger partial charge in [0.1, 0.15) is 36.6 Å². The van der Waals surface area contributed by atoms with Crippen LogP contribution in [0.3, 0.4) is 0 Å². The van der Waals surface area contributed by atoms with Gasteiger partial charge in [-0.1, -0.05) is 276 Å². The van der Waals surface area contributed by atoms with Crippen LogP contribution in [0.25, 0.3) is 0 Å². The zero-order valence-corrected chi connectivity index (χ0v) is 46.9. The molecule has 9 atom stereocenters. The van der Waals surface area contributed by atoms with Gasteiger partial charge in [0.2, 0.25) is 5.91 Å². The summed E-state index contributed by atoms with van der Waals surface area (Å²) in [6, 6.07) is -1.16. The van der Waals surface area contributed by atoms with Gasteiger partial charge in [-0.05, 0) is 38.5 Å². The number of hydrogen-bond acceptors (Lipinski definition) is 10. The molecule has 11 heteroatoms. The number of ether oxygens (including phenoxy) is 2. The smallest absolute Gasteiger partial charge is 0.249 e. The van der Waals surface area contributed by atoms with Crippen molar-refractivity contribution >= 4 is 5.91 Å². The van der Waals surface area contributed by atoms with Crippen molar-refractivity contribution in [1.82, 2.24) is 5.32 Å². The number of rotatable bonds is 54. The summed E-state index contributed by atoms with van der Waals surface area (Å²) in [4.78, 5) is 13.2. The molecule has 1 aliphatic heterocycles. The zero-order chi connectivity index (χ0) is 52.5. The average Bonchev–Trinajstić information content (AvgIpc) is 3.38. The lowest BCUT2D eigenvalue weighted by atomic mass is 9.98. The van der Waals surface area contributed by atoms with E-state index in [9.17, 15) is 40.5 Å². The number of aliphatic hydroxyl groups excluding tert-OH is 7. The highest BCUT2D eigenvalue weighted by Gasteiger charge is 2.44. The van der Waals surface area contributed by atoms with Gasteiger partial charge in [0.15, 0.2) is 6.29 Å². The Morgan fingerprint density at radius 3 is 1.17 bits per heavy atom. The van der Waals surface area contributed by atoms with E-state index in [1.807, 2.05) is 0 Å². The molecule has 0 saturated carbocycles. The minimum Gasteiger partial charge on any atom is -0.394 e. The normalized spacial score (nSPS) is 20.0. The predicted molar refractivity (Wildman–Crippen MR) is 298 cm³/mol. The average molecular weight is 1030 g/mol. The van der Waals surface area contributed by atoms with E-state index in [0.29, 0.717) is 19.3 Å². The van der Waals surface area contributed by atoms with Gasteiger partial charge >= 0.3 is 0 Å². The highest BCUT2D eigenvalue weighted by Crippen LogP contribution is 2.24. The first kappa shape index (κ1) is 68.9. The molecule has 0 spiro atoms. The third kappa shape index (κ3) is 38.4. The molecule has 0 aliphatic carbocycles. The lowest BCUT2D eigenvalue weighted by Crippen LogP contribution is -2.60. The van der Waals surface area contributed by atoms with Gasteiger partial charge in [-0.3, -0.25) is 4.79 Å². The summed E-state index contributed by atoms with van der Waals surface area (Å²) in [5.74, 6) is -0.691. The second kappa shape index (κ2) is 50.7. The quantitative estimate of drug-likeness (QED) is 0.0215. The predicted octanol–water partition coefficient (Wildman–Crippen LogP) is 13.5. The number of amides is 1. The molecule has 0 radical (unpaired) electrons. The number of nitrogens with one attached hydrogen (secondary N) is 1. The molecule has 1 rings (SSSR count). The van der Waals surface area contributed by atoms with Crippen molar-refractivity contribution in [2.45, 2.75) is 358 Å². The maximum atomic E-state index is 13.2. The topological polar surface area (TPSA) is 189 Å². The van der Waals surface area contributed by atoms with Gasteiger partial charge in [0, 0.05) is 0 Å². The summed E-state index contributed by atoms with van der Waals surface area (Å²) in [5.41, 5.74) is 0. The minimum atomic E-state index is -1.66. The molecule has 0 aromatic heterocycles. The van der Waals surface area contributed by atoms with Crippen molar-refractivity contribution < 1.29 is 50.0 Å². The van der Waals surface area contributed by atoms with E-state index >= 15 is 0 Å². The van der Waals surface area contributed by atoms with Crippen LogP contribution in [-0.4, -0.2) is 110 Å². The Balaban J connectivity index is 2.21. The number of hydrogen-bond donors (Lipinski definition) is 8. The molecule has 1 fully saturated rings. The molecular weight excluding hydrogens is 907 g/mol. The summed E-state index contributed by atoms with van der Waals surface area (Å²) in [6.07, 6.45) is 48.5. The highest BCUT2D eigenvalue weighted by atomic mass is 16.7. The lowest BCUT2D eigenvalue weighted by Gasteiger charge is -2.40. The van der Waals surface area contributed by atoms with Crippen molar-refractivity contribution in [2.24, 2.45) is 0 Å². The molecule has 1 aliphatic rings. The molecule has 1 amide bonds. The van der Waals surface area contributed by atoms with Crippen molar-refractivity contribution in [3.05, 3.63) is 12.2 Å². The van der Waals surface area contributed by atoms with Crippen LogP contribution in [-0.2, 0) is 14.3 Å². The highest BCUT2D eigenvalue weighted by molar-refractivity contribution is 5.80. The van der Waals surface area contributed by atoms with Crippen LogP contribution in [0.2, 0.25) is 0 Å². The molecule has 1 heterocycles. The van der Waals surface area contributed by atoms with Gasteiger partial charge in [0.25, 0.3) is 0 Å². The van der Waals surface area contributed by atoms with Gasteiger partial charge in [-0.25, -0.2) is 0 Å². The van der Waals surface area contributed by atoms with E-state index in [4.69, 9.17) is 9.47 Å². The molecule has 0 aromatic rings. The van der Waals surface area contributed by atoms with E-state index in [1.165, 1.54) is 225 Å². The molecule has 9 unspecified atom stereocenters. The standard InChI is InChI=1S/C61H119NO10/c1-3-5-7-9-11-13-15-17-19-20-21-22-23-24-25-26-27-28-29-30-31-32-33-35-37-39-41-43-45-47-49-54(65)60(70)62-52(51-71-61-59(69)58(68)57(67)55(50-63)72-61)56(66)53(64)48-46-44-42-40-38-36-34-18-16-14-12-10-8-6-4-2/h24-25,52-59,61,63-69H,3-23,26-51H2,1-2H3,(H,62,70)/b25-24-. The third-order valence-corrected chi connectivity index (χ3v) is 15.3. The second-order valence-corrected chi connectivity index (χ2v) is 22.1. The van der Waals surface area contributed by atoms with Crippen LogP contribution in [0.1, 0.15) is 303 Å². The van der Waals surface area contributed by atoms with E-state index in [0.717, 1.165) is 38.5 Å². The fourth-order valence-corrected chi connectivity index (χ4v) is 10.3. The monoisotopic (exact) mass is 1030 g/mol. The van der Waals surface area contributed by atoms with Crippen LogP contribution in [0, 0.1) is 0 Å². The number of allylic oxidation sites excluding steroid dienone is 2. The summed E-state index contributed by atoms with van der Waals surface area (Å²) < 4.78 is 11.2. The van der Waals surface area contributed by atoms with Crippen molar-refractivity contribution in [1.29, 1.82) is 0 Å². The summed E-state index contributed by atoms with van der Waals surface area (Å²) >= 11 is 0. The fraction of sp³-hybridized carbons (Fsp3) is 0.951. The Morgan fingerprint density at radius 1 is 0.472 bits per heavy atom. The summed E-state index contributed by atoms with van der Waals surface area (Å²) in [5, 5.41) is 76.2. The fourth-order valence-electron chi connectivity index (χ4n) is 10.3. The minimum absolute atomic E-state index is 0.264. The number of carbonyl (C=O) groups excluding carboxylic acids is 1. The molecular formula is C61H119NO10. The second-order valence-electron chi connectivity index (χ2n) is 22.1. The Morgan fingerprint density at radius 2 is 0.806 bits per heavy atom. The Labute approximate surface area is 442 Å². The zero-order valence-electron chi connectivity index (χ0n) is 46.9. The van der Waals surface area contributed by atoms with Gasteiger partial charge in [-0.15, -0.1) is 0 Å². The van der Waals surface area contributed by atoms with Crippen LogP contribution in [0.4, 0.5) is 0 Å². The van der Waals surface area contributed by atoms with Crippen LogP contribution in [0.5, 0.6) is 0 Å². The number of unbranched alkanes of at least 4 members (excludes halogenated alkanes) is 40. The molecule has 0 aromatic carbocycles. The first-order valence-electron chi connectivity index (χ1n) is 31.1. The molecule has 428 valence electrons. The Bertz CT molecular complexity index is 1180. The van der Waals surface area contributed by atoms with Gasteiger partial charge in [-0.2, -0.15) is 0 Å².